The first-order chi connectivity index (χ1) is 8.63. The van der Waals surface area contributed by atoms with E-state index in [-0.39, 0.29) is 0 Å². The van der Waals surface area contributed by atoms with E-state index in [0.717, 1.165) is 18.9 Å². The van der Waals surface area contributed by atoms with Gasteiger partial charge in [0.1, 0.15) is 12.4 Å². The third-order valence-corrected chi connectivity index (χ3v) is 3.11. The summed E-state index contributed by atoms with van der Waals surface area (Å²) in [6.07, 6.45) is 2.45. The van der Waals surface area contributed by atoms with Crippen molar-refractivity contribution in [2.24, 2.45) is 0 Å². The second-order valence-electron chi connectivity index (χ2n) is 5.22. The zero-order chi connectivity index (χ0) is 13.4. The van der Waals surface area contributed by atoms with Crippen LogP contribution in [0.5, 0.6) is 5.75 Å². The number of hydrogen-bond acceptors (Lipinski definition) is 2. The van der Waals surface area contributed by atoms with E-state index >= 15 is 0 Å². The normalized spacial score (nSPS) is 12.7. The molecular formula is C16H27NO. The summed E-state index contributed by atoms with van der Waals surface area (Å²) < 4.78 is 5.76. The van der Waals surface area contributed by atoms with Crippen LogP contribution in [0.3, 0.4) is 0 Å². The van der Waals surface area contributed by atoms with Crippen LogP contribution in [0.15, 0.2) is 24.3 Å². The zero-order valence-electron chi connectivity index (χ0n) is 12.2. The SMILES string of the molecule is CCCC(C)NCCOc1cccc(C(C)C)c1. The molecule has 0 aliphatic heterocycles. The van der Waals surface area contributed by atoms with Gasteiger partial charge in [0.25, 0.3) is 0 Å². The Morgan fingerprint density at radius 3 is 2.67 bits per heavy atom. The van der Waals surface area contributed by atoms with Crippen molar-refractivity contribution in [3.63, 3.8) is 0 Å². The average Bonchev–Trinajstić information content (AvgIpc) is 2.35. The van der Waals surface area contributed by atoms with Crippen LogP contribution in [0, 0.1) is 0 Å². The van der Waals surface area contributed by atoms with Crippen molar-refractivity contribution in [2.75, 3.05) is 13.2 Å². The van der Waals surface area contributed by atoms with E-state index in [1.165, 1.54) is 18.4 Å². The van der Waals surface area contributed by atoms with Gasteiger partial charge in [0.15, 0.2) is 0 Å². The molecule has 18 heavy (non-hydrogen) atoms. The van der Waals surface area contributed by atoms with E-state index in [2.05, 4.69) is 51.2 Å². The quantitative estimate of drug-likeness (QED) is 0.704. The molecule has 2 heteroatoms. The van der Waals surface area contributed by atoms with E-state index in [9.17, 15) is 0 Å². The van der Waals surface area contributed by atoms with Crippen LogP contribution in [0.25, 0.3) is 0 Å². The first kappa shape index (κ1) is 15.0. The molecule has 0 aliphatic rings. The molecule has 0 spiro atoms. The third kappa shape index (κ3) is 5.54. The van der Waals surface area contributed by atoms with Crippen LogP contribution in [-0.4, -0.2) is 19.2 Å². The topological polar surface area (TPSA) is 21.3 Å². The summed E-state index contributed by atoms with van der Waals surface area (Å²) in [5.41, 5.74) is 1.33. The fraction of sp³-hybridized carbons (Fsp3) is 0.625. The summed E-state index contributed by atoms with van der Waals surface area (Å²) in [5, 5.41) is 3.47. The van der Waals surface area contributed by atoms with Gasteiger partial charge >= 0.3 is 0 Å². The minimum Gasteiger partial charge on any atom is -0.492 e. The monoisotopic (exact) mass is 249 g/mol. The Bertz CT molecular complexity index is 336. The van der Waals surface area contributed by atoms with Gasteiger partial charge in [-0.1, -0.05) is 39.3 Å². The highest BCUT2D eigenvalue weighted by Gasteiger charge is 2.02. The molecule has 0 heterocycles. The maximum absolute atomic E-state index is 5.76. The van der Waals surface area contributed by atoms with Gasteiger partial charge in [-0.3, -0.25) is 0 Å². The van der Waals surface area contributed by atoms with E-state index < -0.39 is 0 Å². The van der Waals surface area contributed by atoms with Crippen molar-refractivity contribution < 1.29 is 4.74 Å². The minimum atomic E-state index is 0.552. The Morgan fingerprint density at radius 1 is 1.22 bits per heavy atom. The van der Waals surface area contributed by atoms with Gasteiger partial charge in [-0.25, -0.2) is 0 Å². The Balaban J connectivity index is 2.29. The van der Waals surface area contributed by atoms with Crippen LogP contribution in [0.4, 0.5) is 0 Å². The summed E-state index contributed by atoms with van der Waals surface area (Å²) in [6.45, 7) is 10.5. The molecule has 1 aromatic carbocycles. The van der Waals surface area contributed by atoms with Crippen molar-refractivity contribution in [2.45, 2.75) is 52.5 Å². The van der Waals surface area contributed by atoms with Gasteiger partial charge < -0.3 is 10.1 Å². The first-order valence-electron chi connectivity index (χ1n) is 7.09. The van der Waals surface area contributed by atoms with Crippen LogP contribution in [-0.2, 0) is 0 Å². The number of rotatable bonds is 8. The Hall–Kier alpha value is -1.02. The van der Waals surface area contributed by atoms with E-state index in [1.807, 2.05) is 6.07 Å². The van der Waals surface area contributed by atoms with Gasteiger partial charge in [-0.15, -0.1) is 0 Å². The number of nitrogens with one attached hydrogen (secondary N) is 1. The predicted octanol–water partition coefficient (Wildman–Crippen LogP) is 3.97. The summed E-state index contributed by atoms with van der Waals surface area (Å²) in [5.74, 6) is 1.53. The molecule has 0 bridgehead atoms. The highest BCUT2D eigenvalue weighted by Crippen LogP contribution is 2.19. The van der Waals surface area contributed by atoms with E-state index in [4.69, 9.17) is 4.74 Å². The molecule has 0 saturated heterocycles. The number of ether oxygens (including phenoxy) is 1. The molecule has 0 radical (unpaired) electrons. The van der Waals surface area contributed by atoms with Crippen LogP contribution in [0.2, 0.25) is 0 Å². The lowest BCUT2D eigenvalue weighted by atomic mass is 10.0. The summed E-state index contributed by atoms with van der Waals surface area (Å²) >= 11 is 0. The third-order valence-electron chi connectivity index (χ3n) is 3.11. The molecule has 1 rings (SSSR count). The Kier molecular flexibility index (Phi) is 6.81. The van der Waals surface area contributed by atoms with Gasteiger partial charge in [0.05, 0.1) is 0 Å². The second kappa shape index (κ2) is 8.15. The van der Waals surface area contributed by atoms with Crippen molar-refractivity contribution in [3.05, 3.63) is 29.8 Å². The number of benzene rings is 1. The molecule has 102 valence electrons. The lowest BCUT2D eigenvalue weighted by molar-refractivity contribution is 0.304. The highest BCUT2D eigenvalue weighted by atomic mass is 16.5. The fourth-order valence-corrected chi connectivity index (χ4v) is 1.97. The molecule has 1 unspecified atom stereocenters. The van der Waals surface area contributed by atoms with Gasteiger partial charge in [0, 0.05) is 12.6 Å². The predicted molar refractivity (Wildman–Crippen MR) is 78.4 cm³/mol. The Morgan fingerprint density at radius 2 is 2.00 bits per heavy atom. The molecule has 1 N–H and O–H groups in total. The van der Waals surface area contributed by atoms with Gasteiger partial charge in [-0.2, -0.15) is 0 Å². The maximum Gasteiger partial charge on any atom is 0.119 e. The molecule has 0 aliphatic carbocycles. The van der Waals surface area contributed by atoms with Gasteiger partial charge in [0.2, 0.25) is 0 Å². The lowest BCUT2D eigenvalue weighted by Gasteiger charge is -2.14. The van der Waals surface area contributed by atoms with Crippen molar-refractivity contribution >= 4 is 0 Å². The molecule has 2 nitrogen and oxygen atoms in total. The molecule has 0 fully saturated rings. The van der Waals surface area contributed by atoms with Crippen LogP contribution in [0.1, 0.15) is 52.0 Å². The summed E-state index contributed by atoms with van der Waals surface area (Å²) in [6, 6.07) is 8.97. The first-order valence-corrected chi connectivity index (χ1v) is 7.09. The van der Waals surface area contributed by atoms with Crippen molar-refractivity contribution in [3.8, 4) is 5.75 Å². The smallest absolute Gasteiger partial charge is 0.119 e. The van der Waals surface area contributed by atoms with E-state index in [0.29, 0.717) is 12.0 Å². The summed E-state index contributed by atoms with van der Waals surface area (Å²) in [4.78, 5) is 0. The number of hydrogen-bond donors (Lipinski definition) is 1. The molecule has 1 aromatic rings. The van der Waals surface area contributed by atoms with Crippen LogP contribution < -0.4 is 10.1 Å². The zero-order valence-corrected chi connectivity index (χ0v) is 12.2. The minimum absolute atomic E-state index is 0.552. The standard InChI is InChI=1S/C16H27NO/c1-5-7-14(4)17-10-11-18-16-9-6-8-15(12-16)13(2)3/h6,8-9,12-14,17H,5,7,10-11H2,1-4H3. The highest BCUT2D eigenvalue weighted by molar-refractivity contribution is 5.30. The van der Waals surface area contributed by atoms with E-state index in [1.54, 1.807) is 0 Å². The van der Waals surface area contributed by atoms with Crippen molar-refractivity contribution in [1.29, 1.82) is 0 Å². The maximum atomic E-state index is 5.76. The molecule has 0 aromatic heterocycles. The second-order valence-corrected chi connectivity index (χ2v) is 5.22. The van der Waals surface area contributed by atoms with Gasteiger partial charge in [-0.05, 0) is 37.0 Å². The molecular weight excluding hydrogens is 222 g/mol. The molecule has 1 atom stereocenters. The average molecular weight is 249 g/mol. The molecule has 0 saturated carbocycles. The molecule has 0 amide bonds. The fourth-order valence-electron chi connectivity index (χ4n) is 1.97. The van der Waals surface area contributed by atoms with Crippen molar-refractivity contribution in [1.82, 2.24) is 5.32 Å². The lowest BCUT2D eigenvalue weighted by Crippen LogP contribution is -2.29. The largest absolute Gasteiger partial charge is 0.492 e. The Labute approximate surface area is 112 Å². The summed E-state index contributed by atoms with van der Waals surface area (Å²) in [7, 11) is 0. The van der Waals surface area contributed by atoms with Crippen LogP contribution >= 0.6 is 0 Å².